The molecule has 0 aliphatic heterocycles. The third-order valence-corrected chi connectivity index (χ3v) is 5.54. The largest absolute Gasteiger partial charge is 0.473 e. The smallest absolute Gasteiger partial charge is 0.302 e. The average molecular weight is 463 g/mol. The summed E-state index contributed by atoms with van der Waals surface area (Å²) in [6.07, 6.45) is 10.5. The summed E-state index contributed by atoms with van der Waals surface area (Å²) in [5.41, 5.74) is 3.17. The highest BCUT2D eigenvalue weighted by Crippen LogP contribution is 2.33. The summed E-state index contributed by atoms with van der Waals surface area (Å²) in [5.74, 6) is -0.211. The van der Waals surface area contributed by atoms with Crippen molar-refractivity contribution in [3.63, 3.8) is 0 Å². The number of hydrogen-bond donors (Lipinski definition) is 1. The lowest BCUT2D eigenvalue weighted by molar-refractivity contribution is -0.140. The molecule has 0 radical (unpaired) electrons. The van der Waals surface area contributed by atoms with Gasteiger partial charge in [0.15, 0.2) is 0 Å². The Morgan fingerprint density at radius 1 is 0.882 bits per heavy atom. The van der Waals surface area contributed by atoms with Crippen molar-refractivity contribution in [2.75, 3.05) is 13.2 Å². The zero-order valence-corrected chi connectivity index (χ0v) is 20.8. The number of fused-ring (bicyclic) bond motifs is 5. The molecule has 1 aromatic heterocycles. The molecular weight excluding hydrogens is 424 g/mol. The summed E-state index contributed by atoms with van der Waals surface area (Å²) in [5, 5.41) is 13.7. The highest BCUT2D eigenvalue weighted by molar-refractivity contribution is 6.08. The van der Waals surface area contributed by atoms with E-state index in [0.717, 1.165) is 12.8 Å². The Hall–Kier alpha value is -3.11. The maximum Gasteiger partial charge on any atom is 0.302 e. The number of aliphatic hydroxyl groups is 1. The summed E-state index contributed by atoms with van der Waals surface area (Å²) in [7, 11) is 0. The molecular formula is C30H38O4. The van der Waals surface area contributed by atoms with Gasteiger partial charge < -0.3 is 14.3 Å². The van der Waals surface area contributed by atoms with Gasteiger partial charge in [-0.3, -0.25) is 4.79 Å². The molecule has 182 valence electrons. The second-order valence-electron chi connectivity index (χ2n) is 8.09. The highest BCUT2D eigenvalue weighted by Gasteiger charge is 2.13. The Morgan fingerprint density at radius 3 is 2.15 bits per heavy atom. The number of benzene rings is 3. The van der Waals surface area contributed by atoms with E-state index in [1.54, 1.807) is 30.6 Å². The van der Waals surface area contributed by atoms with Crippen LogP contribution in [0.1, 0.15) is 57.6 Å². The number of aliphatic hydroxyl groups excluding tert-OH is 1. The Balaban J connectivity index is 0.000000210. The Labute approximate surface area is 203 Å². The minimum Gasteiger partial charge on any atom is -0.473 e. The van der Waals surface area contributed by atoms with E-state index in [2.05, 4.69) is 64.6 Å². The van der Waals surface area contributed by atoms with Crippen molar-refractivity contribution >= 4 is 27.5 Å². The van der Waals surface area contributed by atoms with Crippen LogP contribution < -0.4 is 0 Å². The molecule has 1 aliphatic rings. The summed E-state index contributed by atoms with van der Waals surface area (Å²) in [6.45, 7) is 6.05. The van der Waals surface area contributed by atoms with Crippen LogP contribution in [0, 0.1) is 0 Å². The second-order valence-corrected chi connectivity index (χ2v) is 8.09. The molecule has 0 amide bonds. The van der Waals surface area contributed by atoms with Crippen molar-refractivity contribution in [2.24, 2.45) is 0 Å². The Bertz CT molecular complexity index is 1080. The van der Waals surface area contributed by atoms with Crippen molar-refractivity contribution in [1.29, 1.82) is 0 Å². The number of unbranched alkanes of at least 4 members (excludes halogenated alkanes) is 1. The number of ether oxygens (including phenoxy) is 1. The molecule has 0 saturated carbocycles. The van der Waals surface area contributed by atoms with Crippen LogP contribution in [0.5, 0.6) is 0 Å². The van der Waals surface area contributed by atoms with Gasteiger partial charge >= 0.3 is 5.97 Å². The van der Waals surface area contributed by atoms with Gasteiger partial charge in [0.05, 0.1) is 19.1 Å². The van der Waals surface area contributed by atoms with E-state index in [4.69, 9.17) is 5.11 Å². The number of carbonyl (C=O) groups is 1. The number of esters is 1. The van der Waals surface area contributed by atoms with Crippen molar-refractivity contribution in [3.05, 3.63) is 84.3 Å². The fraction of sp³-hybridized carbons (Fsp3) is 0.367. The van der Waals surface area contributed by atoms with Gasteiger partial charge in [-0.2, -0.15) is 0 Å². The predicted molar refractivity (Wildman–Crippen MR) is 141 cm³/mol. The molecule has 0 spiro atoms. The van der Waals surface area contributed by atoms with Crippen molar-refractivity contribution in [2.45, 2.75) is 59.3 Å². The molecule has 5 rings (SSSR count). The molecule has 1 N–H and O–H groups in total. The molecule has 1 heterocycles. The lowest BCUT2D eigenvalue weighted by Crippen LogP contribution is -2.02. The van der Waals surface area contributed by atoms with Gasteiger partial charge in [-0.25, -0.2) is 0 Å². The van der Waals surface area contributed by atoms with Crippen molar-refractivity contribution in [3.8, 4) is 0 Å². The standard InChI is InChI=1S/C18H16.C4H8O2.C4H4O.C4H10O/c1-3-7-15-13(5-1)9-11-18-16-8-4-2-6-14(16)10-12-17(15)18;1-3-6-4(2)5;1-2-4-5-3-1;1-2-3-4-5/h1,3,5,7,9-12H,2,4,6,8H2;3H2,1-2H3;1-4H;5H,2-4H2,1H3. The van der Waals surface area contributed by atoms with E-state index in [1.807, 2.05) is 12.1 Å². The predicted octanol–water partition coefficient (Wildman–Crippen LogP) is 7.50. The molecule has 0 saturated heterocycles. The zero-order valence-electron chi connectivity index (χ0n) is 20.8. The van der Waals surface area contributed by atoms with Crippen LogP contribution >= 0.6 is 0 Å². The molecule has 34 heavy (non-hydrogen) atoms. The molecule has 3 aromatic carbocycles. The lowest BCUT2D eigenvalue weighted by atomic mass is 9.86. The fourth-order valence-corrected chi connectivity index (χ4v) is 3.93. The van der Waals surface area contributed by atoms with Crippen LogP contribution in [0.4, 0.5) is 0 Å². The van der Waals surface area contributed by atoms with Crippen molar-refractivity contribution < 1.29 is 19.1 Å². The van der Waals surface area contributed by atoms with Crippen LogP contribution in [0.3, 0.4) is 0 Å². The van der Waals surface area contributed by atoms with Gasteiger partial charge in [-0.05, 0) is 83.8 Å². The number of rotatable bonds is 3. The Morgan fingerprint density at radius 2 is 1.59 bits per heavy atom. The molecule has 4 heteroatoms. The number of hydrogen-bond acceptors (Lipinski definition) is 4. The fourth-order valence-electron chi connectivity index (χ4n) is 3.93. The summed E-state index contributed by atoms with van der Waals surface area (Å²) < 4.78 is 8.99. The van der Waals surface area contributed by atoms with Gasteiger partial charge in [0.2, 0.25) is 0 Å². The minimum absolute atomic E-state index is 0.211. The topological polar surface area (TPSA) is 59.7 Å². The minimum atomic E-state index is -0.211. The quantitative estimate of drug-likeness (QED) is 0.253. The van der Waals surface area contributed by atoms with Crippen LogP contribution in [-0.2, 0) is 22.4 Å². The average Bonchev–Trinajstić information content (AvgIpc) is 3.45. The molecule has 4 nitrogen and oxygen atoms in total. The number of carbonyl (C=O) groups excluding carboxylic acids is 1. The Kier molecular flexibility index (Phi) is 12.5. The van der Waals surface area contributed by atoms with Crippen LogP contribution in [0.15, 0.2) is 77.6 Å². The van der Waals surface area contributed by atoms with Crippen LogP contribution in [0.25, 0.3) is 21.5 Å². The van der Waals surface area contributed by atoms with E-state index in [9.17, 15) is 4.79 Å². The van der Waals surface area contributed by atoms with Gasteiger partial charge in [0.25, 0.3) is 0 Å². The van der Waals surface area contributed by atoms with Gasteiger partial charge in [0, 0.05) is 13.5 Å². The second kappa shape index (κ2) is 15.7. The van der Waals surface area contributed by atoms with Crippen molar-refractivity contribution in [1.82, 2.24) is 0 Å². The van der Waals surface area contributed by atoms with Crippen LogP contribution in [-0.4, -0.2) is 24.3 Å². The highest BCUT2D eigenvalue weighted by atomic mass is 16.5. The SMILES string of the molecule is CCCCO.CCOC(C)=O.c1ccc2c(c1)ccc1c3c(ccc12)CCCC3.c1ccoc1. The van der Waals surface area contributed by atoms with E-state index in [1.165, 1.54) is 54.2 Å². The number of aryl methyl sites for hydroxylation is 2. The van der Waals surface area contributed by atoms with E-state index >= 15 is 0 Å². The molecule has 0 atom stereocenters. The van der Waals surface area contributed by atoms with Gasteiger partial charge in [-0.1, -0.05) is 61.9 Å². The normalized spacial score (nSPS) is 11.6. The summed E-state index contributed by atoms with van der Waals surface area (Å²) in [4.78, 5) is 9.82. The molecule has 4 aromatic rings. The van der Waals surface area contributed by atoms with E-state index < -0.39 is 0 Å². The first-order valence-electron chi connectivity index (χ1n) is 12.3. The van der Waals surface area contributed by atoms with E-state index in [-0.39, 0.29) is 5.97 Å². The molecule has 0 unspecified atom stereocenters. The first-order valence-corrected chi connectivity index (χ1v) is 12.3. The monoisotopic (exact) mass is 462 g/mol. The third kappa shape index (κ3) is 8.68. The first-order chi connectivity index (χ1) is 16.6. The maximum absolute atomic E-state index is 9.82. The van der Waals surface area contributed by atoms with Crippen LogP contribution in [0.2, 0.25) is 0 Å². The third-order valence-electron chi connectivity index (χ3n) is 5.54. The lowest BCUT2D eigenvalue weighted by Gasteiger charge is -2.18. The van der Waals surface area contributed by atoms with E-state index in [0.29, 0.717) is 13.2 Å². The number of furan rings is 1. The van der Waals surface area contributed by atoms with Gasteiger partial charge in [0.1, 0.15) is 0 Å². The summed E-state index contributed by atoms with van der Waals surface area (Å²) >= 11 is 0. The maximum atomic E-state index is 9.82. The zero-order chi connectivity index (χ0) is 24.6. The molecule has 0 fully saturated rings. The molecule has 0 bridgehead atoms. The summed E-state index contributed by atoms with van der Waals surface area (Å²) in [6, 6.07) is 21.6. The molecule has 1 aliphatic carbocycles. The first kappa shape index (κ1) is 27.1. The van der Waals surface area contributed by atoms with Gasteiger partial charge in [-0.15, -0.1) is 0 Å².